The number of piperazine rings is 1. The minimum absolute atomic E-state index is 0. The number of carbonyl (C=O) groups is 1. The molecule has 9 heteroatoms. The highest BCUT2D eigenvalue weighted by atomic mass is 127. The Balaban J connectivity index is 0.00000385. The van der Waals surface area contributed by atoms with Crippen molar-refractivity contribution in [3.63, 3.8) is 0 Å². The number of hydrogen-bond donors (Lipinski definition) is 1. The third-order valence-electron chi connectivity index (χ3n) is 6.19. The van der Waals surface area contributed by atoms with Gasteiger partial charge in [-0.3, -0.25) is 9.69 Å². The van der Waals surface area contributed by atoms with Gasteiger partial charge in [0.15, 0.2) is 5.96 Å². The predicted molar refractivity (Wildman–Crippen MR) is 146 cm³/mol. The summed E-state index contributed by atoms with van der Waals surface area (Å²) in [6.45, 7) is 13.8. The van der Waals surface area contributed by atoms with E-state index in [1.165, 1.54) is 16.8 Å². The lowest BCUT2D eigenvalue weighted by Crippen LogP contribution is -2.53. The number of aryl methyl sites for hydroxylation is 2. The number of amides is 1. The number of rotatable bonds is 7. The van der Waals surface area contributed by atoms with Gasteiger partial charge in [-0.1, -0.05) is 12.1 Å². The van der Waals surface area contributed by atoms with Gasteiger partial charge in [-0.25, -0.2) is 4.99 Å². The minimum atomic E-state index is 0. The molecule has 186 valence electrons. The monoisotopic (exact) mass is 572 g/mol. The highest BCUT2D eigenvalue weighted by molar-refractivity contribution is 14.0. The van der Waals surface area contributed by atoms with Crippen molar-refractivity contribution in [2.75, 3.05) is 91.1 Å². The molecule has 33 heavy (non-hydrogen) atoms. The molecular weight excluding hydrogens is 531 g/mol. The Morgan fingerprint density at radius 3 is 2.45 bits per heavy atom. The van der Waals surface area contributed by atoms with Gasteiger partial charge in [0.2, 0.25) is 5.91 Å². The van der Waals surface area contributed by atoms with Crippen LogP contribution in [0.25, 0.3) is 0 Å². The minimum Gasteiger partial charge on any atom is -0.379 e. The fraction of sp³-hybridized carbons (Fsp3) is 0.667. The number of guanidine groups is 1. The number of carbonyl (C=O) groups excluding carboxylic acids is 1. The largest absolute Gasteiger partial charge is 0.379 e. The van der Waals surface area contributed by atoms with Crippen LogP contribution in [0, 0.1) is 13.8 Å². The van der Waals surface area contributed by atoms with Crippen LogP contribution in [-0.2, 0) is 9.53 Å². The normalized spacial score (nSPS) is 17.5. The molecule has 2 fully saturated rings. The molecule has 2 aliphatic rings. The summed E-state index contributed by atoms with van der Waals surface area (Å²) in [7, 11) is 3.55. The van der Waals surface area contributed by atoms with Crippen LogP contribution >= 0.6 is 24.0 Å². The van der Waals surface area contributed by atoms with E-state index in [2.05, 4.69) is 57.1 Å². The van der Waals surface area contributed by atoms with Crippen molar-refractivity contribution in [2.24, 2.45) is 4.99 Å². The number of morpholine rings is 1. The average molecular weight is 573 g/mol. The highest BCUT2D eigenvalue weighted by Crippen LogP contribution is 2.22. The summed E-state index contributed by atoms with van der Waals surface area (Å²) in [6, 6.07) is 6.65. The molecule has 0 bridgehead atoms. The number of aliphatic imine (C=N–C) groups is 1. The SMILES string of the molecule is Cc1ccc(C)c(N2CCN(C(=NCC(=O)N(C)C)NCCCN3CCOCC3)CC2)c1.I. The predicted octanol–water partition coefficient (Wildman–Crippen LogP) is 1.80. The van der Waals surface area contributed by atoms with Gasteiger partial charge >= 0.3 is 0 Å². The molecule has 0 aliphatic carbocycles. The molecule has 0 radical (unpaired) electrons. The average Bonchev–Trinajstić information content (AvgIpc) is 2.80. The van der Waals surface area contributed by atoms with Gasteiger partial charge in [-0.2, -0.15) is 0 Å². The molecule has 1 amide bonds. The summed E-state index contributed by atoms with van der Waals surface area (Å²) in [6.07, 6.45) is 1.04. The molecule has 0 atom stereocenters. The summed E-state index contributed by atoms with van der Waals surface area (Å²) in [5, 5.41) is 3.53. The molecule has 3 rings (SSSR count). The zero-order chi connectivity index (χ0) is 22.9. The second kappa shape index (κ2) is 14.0. The van der Waals surface area contributed by atoms with Gasteiger partial charge in [0.25, 0.3) is 0 Å². The third kappa shape index (κ3) is 8.60. The van der Waals surface area contributed by atoms with Crippen molar-refractivity contribution in [3.05, 3.63) is 29.3 Å². The maximum Gasteiger partial charge on any atom is 0.243 e. The van der Waals surface area contributed by atoms with Crippen LogP contribution < -0.4 is 10.2 Å². The Labute approximate surface area is 216 Å². The van der Waals surface area contributed by atoms with Gasteiger partial charge in [0.05, 0.1) is 13.2 Å². The smallest absolute Gasteiger partial charge is 0.243 e. The number of nitrogens with zero attached hydrogens (tertiary/aromatic N) is 5. The molecule has 2 heterocycles. The summed E-state index contributed by atoms with van der Waals surface area (Å²) < 4.78 is 5.43. The number of anilines is 1. The van der Waals surface area contributed by atoms with Gasteiger partial charge in [0, 0.05) is 65.6 Å². The van der Waals surface area contributed by atoms with E-state index in [0.717, 1.165) is 78.0 Å². The van der Waals surface area contributed by atoms with E-state index in [1.807, 2.05) is 0 Å². The van der Waals surface area contributed by atoms with Crippen molar-refractivity contribution >= 4 is 41.5 Å². The Morgan fingerprint density at radius 2 is 1.79 bits per heavy atom. The Hall–Kier alpha value is -1.59. The molecule has 1 aromatic rings. The van der Waals surface area contributed by atoms with Gasteiger partial charge < -0.3 is 24.8 Å². The lowest BCUT2D eigenvalue weighted by Gasteiger charge is -2.38. The van der Waals surface area contributed by atoms with Gasteiger partial charge in [-0.05, 0) is 44.0 Å². The molecule has 0 unspecified atom stereocenters. The van der Waals surface area contributed by atoms with Crippen LogP contribution in [0.2, 0.25) is 0 Å². The zero-order valence-corrected chi connectivity index (χ0v) is 23.0. The van der Waals surface area contributed by atoms with Crippen molar-refractivity contribution < 1.29 is 9.53 Å². The van der Waals surface area contributed by atoms with E-state index in [0.29, 0.717) is 0 Å². The van der Waals surface area contributed by atoms with Crippen LogP contribution in [0.5, 0.6) is 0 Å². The molecule has 1 aromatic carbocycles. The highest BCUT2D eigenvalue weighted by Gasteiger charge is 2.21. The van der Waals surface area contributed by atoms with E-state index in [9.17, 15) is 4.79 Å². The zero-order valence-electron chi connectivity index (χ0n) is 20.7. The molecule has 2 aliphatic heterocycles. The van der Waals surface area contributed by atoms with E-state index >= 15 is 0 Å². The van der Waals surface area contributed by atoms with Crippen LogP contribution in [-0.4, -0.2) is 113 Å². The number of hydrogen-bond acceptors (Lipinski definition) is 5. The number of ether oxygens (including phenoxy) is 1. The topological polar surface area (TPSA) is 63.7 Å². The first kappa shape index (κ1) is 27.7. The first-order chi connectivity index (χ1) is 15.4. The third-order valence-corrected chi connectivity index (χ3v) is 6.19. The lowest BCUT2D eigenvalue weighted by molar-refractivity contribution is -0.127. The van der Waals surface area contributed by atoms with Crippen molar-refractivity contribution in [3.8, 4) is 0 Å². The van der Waals surface area contributed by atoms with E-state index < -0.39 is 0 Å². The second-order valence-corrected chi connectivity index (χ2v) is 8.93. The molecule has 0 aromatic heterocycles. The number of likely N-dealkylation sites (N-methyl/N-ethyl adjacent to an activating group) is 1. The first-order valence-electron chi connectivity index (χ1n) is 11.8. The van der Waals surface area contributed by atoms with E-state index in [1.54, 1.807) is 19.0 Å². The molecular formula is C24H41IN6O2. The summed E-state index contributed by atoms with van der Waals surface area (Å²) in [5.41, 5.74) is 3.93. The standard InChI is InChI=1S/C24H40N6O2.HI/c1-20-6-7-21(2)22(18-20)29-10-12-30(13-11-29)24(26-19-23(31)27(3)4)25-8-5-9-28-14-16-32-17-15-28;/h6-7,18H,5,8-17,19H2,1-4H3,(H,25,26);1H. The maximum atomic E-state index is 12.1. The van der Waals surface area contributed by atoms with E-state index in [4.69, 9.17) is 4.74 Å². The first-order valence-corrected chi connectivity index (χ1v) is 11.8. The van der Waals surface area contributed by atoms with Crippen molar-refractivity contribution in [1.29, 1.82) is 0 Å². The van der Waals surface area contributed by atoms with Gasteiger partial charge in [-0.15, -0.1) is 24.0 Å². The maximum absolute atomic E-state index is 12.1. The molecule has 8 nitrogen and oxygen atoms in total. The number of nitrogens with one attached hydrogen (secondary N) is 1. The Bertz CT molecular complexity index is 774. The van der Waals surface area contributed by atoms with E-state index in [-0.39, 0.29) is 36.4 Å². The second-order valence-electron chi connectivity index (χ2n) is 8.93. The fourth-order valence-electron chi connectivity index (χ4n) is 4.10. The lowest BCUT2D eigenvalue weighted by atomic mass is 10.1. The van der Waals surface area contributed by atoms with Crippen LogP contribution in [0.1, 0.15) is 17.5 Å². The van der Waals surface area contributed by atoms with Crippen LogP contribution in [0.4, 0.5) is 5.69 Å². The summed E-state index contributed by atoms with van der Waals surface area (Å²) in [5.74, 6) is 0.870. The fourth-order valence-corrected chi connectivity index (χ4v) is 4.10. The van der Waals surface area contributed by atoms with Crippen molar-refractivity contribution in [1.82, 2.24) is 20.0 Å². The number of halogens is 1. The van der Waals surface area contributed by atoms with Crippen LogP contribution in [0.15, 0.2) is 23.2 Å². The molecule has 2 saturated heterocycles. The van der Waals surface area contributed by atoms with Crippen LogP contribution in [0.3, 0.4) is 0 Å². The molecule has 1 N–H and O–H groups in total. The summed E-state index contributed by atoms with van der Waals surface area (Å²) >= 11 is 0. The summed E-state index contributed by atoms with van der Waals surface area (Å²) in [4.78, 5) is 25.6. The van der Waals surface area contributed by atoms with Crippen molar-refractivity contribution in [2.45, 2.75) is 20.3 Å². The molecule has 0 spiro atoms. The Morgan fingerprint density at radius 1 is 1.09 bits per heavy atom. The van der Waals surface area contributed by atoms with Gasteiger partial charge in [0.1, 0.15) is 6.54 Å². The number of benzene rings is 1. The molecule has 0 saturated carbocycles. The quantitative estimate of drug-likeness (QED) is 0.233. The Kier molecular flexibility index (Phi) is 11.7.